The van der Waals surface area contributed by atoms with Gasteiger partial charge in [-0.25, -0.2) is 15.0 Å². The fourth-order valence-corrected chi connectivity index (χ4v) is 5.09. The molecule has 0 amide bonds. The molecule has 1 spiro atoms. The highest BCUT2D eigenvalue weighted by Crippen LogP contribution is 2.43. The summed E-state index contributed by atoms with van der Waals surface area (Å²) in [5, 5.41) is 11.8. The number of alkyl halides is 2. The molecule has 12 heteroatoms. The van der Waals surface area contributed by atoms with Gasteiger partial charge in [-0.1, -0.05) is 0 Å². The van der Waals surface area contributed by atoms with Gasteiger partial charge in [0.05, 0.1) is 5.69 Å². The molecule has 1 N–H and O–H groups in total. The first kappa shape index (κ1) is 23.5. The first-order chi connectivity index (χ1) is 17.9. The second-order valence-electron chi connectivity index (χ2n) is 9.67. The van der Waals surface area contributed by atoms with E-state index < -0.39 is 6.61 Å². The molecule has 2 aliphatic rings. The van der Waals surface area contributed by atoms with Crippen molar-refractivity contribution in [2.75, 3.05) is 36.5 Å². The van der Waals surface area contributed by atoms with Crippen LogP contribution in [0.3, 0.4) is 0 Å². The lowest BCUT2D eigenvalue weighted by Crippen LogP contribution is -2.59. The van der Waals surface area contributed by atoms with Gasteiger partial charge in [0.1, 0.15) is 17.6 Å². The van der Waals surface area contributed by atoms with Crippen LogP contribution in [0.25, 0.3) is 22.3 Å². The van der Waals surface area contributed by atoms with Crippen LogP contribution in [-0.4, -0.2) is 62.6 Å². The van der Waals surface area contributed by atoms with Crippen LogP contribution in [0.2, 0.25) is 0 Å². The molecule has 10 nitrogen and oxygen atoms in total. The Kier molecular flexibility index (Phi) is 5.82. The molecule has 192 valence electrons. The maximum absolute atomic E-state index is 13.2. The van der Waals surface area contributed by atoms with E-state index in [1.807, 2.05) is 13.0 Å². The first-order valence-corrected chi connectivity index (χ1v) is 12.1. The normalized spacial score (nSPS) is 16.8. The third-order valence-corrected chi connectivity index (χ3v) is 6.99. The molecule has 4 aromatic rings. The van der Waals surface area contributed by atoms with E-state index in [1.165, 1.54) is 12.4 Å². The second kappa shape index (κ2) is 9.18. The summed E-state index contributed by atoms with van der Waals surface area (Å²) in [5.41, 5.74) is 2.75. The molecule has 5 heterocycles. The van der Waals surface area contributed by atoms with Gasteiger partial charge < -0.3 is 24.3 Å². The summed E-state index contributed by atoms with van der Waals surface area (Å²) >= 11 is 0. The molecule has 2 fully saturated rings. The highest BCUT2D eigenvalue weighted by molar-refractivity contribution is 5.90. The summed E-state index contributed by atoms with van der Waals surface area (Å²) in [7, 11) is 1.77. The van der Waals surface area contributed by atoms with Gasteiger partial charge in [0, 0.05) is 61.6 Å². The number of aryl methyl sites for hydroxylation is 2. The van der Waals surface area contributed by atoms with Crippen LogP contribution < -0.4 is 15.0 Å². The summed E-state index contributed by atoms with van der Waals surface area (Å²) in [6, 6.07) is 6.81. The number of nitrogens with one attached hydrogen (secondary N) is 1. The van der Waals surface area contributed by atoms with Crippen molar-refractivity contribution in [3.63, 3.8) is 0 Å². The third-order valence-electron chi connectivity index (χ3n) is 6.99. The number of hydrogen-bond acceptors (Lipinski definition) is 9. The number of ether oxygens (including phenoxy) is 2. The highest BCUT2D eigenvalue weighted by atomic mass is 19.3. The zero-order valence-corrected chi connectivity index (χ0v) is 20.5. The maximum Gasteiger partial charge on any atom is 0.387 e. The summed E-state index contributed by atoms with van der Waals surface area (Å²) < 4.78 is 38.5. The maximum atomic E-state index is 13.2. The average molecular weight is 509 g/mol. The van der Waals surface area contributed by atoms with Gasteiger partial charge >= 0.3 is 6.61 Å². The second-order valence-corrected chi connectivity index (χ2v) is 9.67. The number of halogens is 2. The fraction of sp³-hybridized carbons (Fsp3) is 0.400. The van der Waals surface area contributed by atoms with Crippen molar-refractivity contribution in [1.29, 1.82) is 0 Å². The van der Waals surface area contributed by atoms with E-state index in [9.17, 15) is 8.78 Å². The van der Waals surface area contributed by atoms with E-state index in [4.69, 9.17) is 19.4 Å². The quantitative estimate of drug-likeness (QED) is 0.412. The van der Waals surface area contributed by atoms with Crippen LogP contribution in [-0.2, 0) is 11.8 Å². The molecular weight excluding hydrogens is 482 g/mol. The minimum atomic E-state index is -3.00. The minimum Gasteiger partial charge on any atom is -0.433 e. The van der Waals surface area contributed by atoms with Crippen LogP contribution in [0, 0.1) is 12.3 Å². The van der Waals surface area contributed by atoms with Crippen molar-refractivity contribution in [2.45, 2.75) is 26.4 Å². The molecule has 2 aliphatic heterocycles. The first-order valence-electron chi connectivity index (χ1n) is 12.1. The van der Waals surface area contributed by atoms with Crippen LogP contribution in [0.5, 0.6) is 5.75 Å². The summed E-state index contributed by atoms with van der Waals surface area (Å²) in [4.78, 5) is 16.2. The Morgan fingerprint density at radius 3 is 2.68 bits per heavy atom. The summed E-state index contributed by atoms with van der Waals surface area (Å²) in [6.45, 7) is 2.35. The molecule has 0 unspecified atom stereocenters. The van der Waals surface area contributed by atoms with E-state index in [-0.39, 0.29) is 17.1 Å². The number of pyridine rings is 1. The van der Waals surface area contributed by atoms with Crippen molar-refractivity contribution in [3.05, 3.63) is 42.5 Å². The summed E-state index contributed by atoms with van der Waals surface area (Å²) in [6.07, 6.45) is 5.35. The molecule has 0 radical (unpaired) electrons. The molecule has 0 saturated carbocycles. The van der Waals surface area contributed by atoms with Crippen LogP contribution >= 0.6 is 0 Å². The molecule has 37 heavy (non-hydrogen) atoms. The zero-order chi connectivity index (χ0) is 25.6. The lowest BCUT2D eigenvalue weighted by molar-refractivity contribution is -0.0493. The molecule has 3 aromatic heterocycles. The van der Waals surface area contributed by atoms with E-state index >= 15 is 0 Å². The van der Waals surface area contributed by atoms with Gasteiger partial charge in [-0.15, -0.1) is 10.2 Å². The Labute approximate surface area is 211 Å². The van der Waals surface area contributed by atoms with Crippen LogP contribution in [0.1, 0.15) is 18.5 Å². The van der Waals surface area contributed by atoms with Gasteiger partial charge in [0.25, 0.3) is 0 Å². The highest BCUT2D eigenvalue weighted by Gasteiger charge is 2.45. The molecule has 0 atom stereocenters. The number of benzene rings is 1. The predicted octanol–water partition coefficient (Wildman–Crippen LogP) is 4.09. The number of anilines is 3. The van der Waals surface area contributed by atoms with Crippen LogP contribution in [0.15, 0.2) is 36.8 Å². The molecule has 6 rings (SSSR count). The average Bonchev–Trinajstić information content (AvgIpc) is 3.29. The van der Waals surface area contributed by atoms with E-state index in [0.717, 1.165) is 56.0 Å². The van der Waals surface area contributed by atoms with E-state index in [0.29, 0.717) is 22.6 Å². The third kappa shape index (κ3) is 4.52. The largest absolute Gasteiger partial charge is 0.433 e. The van der Waals surface area contributed by atoms with Crippen molar-refractivity contribution < 1.29 is 18.3 Å². The monoisotopic (exact) mass is 508 g/mol. The topological polar surface area (TPSA) is 103 Å². The fourth-order valence-electron chi connectivity index (χ4n) is 5.09. The Hall–Kier alpha value is -3.93. The van der Waals surface area contributed by atoms with Gasteiger partial charge in [0.15, 0.2) is 11.6 Å². The van der Waals surface area contributed by atoms with Crippen LogP contribution in [0.4, 0.5) is 26.2 Å². The zero-order valence-electron chi connectivity index (χ0n) is 20.5. The van der Waals surface area contributed by atoms with Gasteiger partial charge in [-0.05, 0) is 44.0 Å². The number of nitrogens with zero attached hydrogens (tertiary/aromatic N) is 7. The lowest BCUT2D eigenvalue weighted by atomic mass is 9.73. The van der Waals surface area contributed by atoms with E-state index in [1.54, 1.807) is 29.9 Å². The van der Waals surface area contributed by atoms with Crippen molar-refractivity contribution in [3.8, 4) is 17.1 Å². The molecule has 0 aliphatic carbocycles. The predicted molar refractivity (Wildman–Crippen MR) is 133 cm³/mol. The Bertz CT molecular complexity index is 1450. The van der Waals surface area contributed by atoms with Crippen molar-refractivity contribution >= 4 is 28.4 Å². The minimum absolute atomic E-state index is 0.0503. The van der Waals surface area contributed by atoms with Crippen molar-refractivity contribution in [1.82, 2.24) is 29.7 Å². The summed E-state index contributed by atoms with van der Waals surface area (Å²) in [5.74, 6) is 1.53. The smallest absolute Gasteiger partial charge is 0.387 e. The number of fused-ring (bicyclic) bond motifs is 1. The van der Waals surface area contributed by atoms with Gasteiger partial charge in [-0.2, -0.15) is 8.78 Å². The molecule has 2 saturated heterocycles. The Balaban J connectivity index is 1.32. The Morgan fingerprint density at radius 2 is 1.95 bits per heavy atom. The SMILES string of the molecule is Cc1cc2cnc(Nc3ccc(-c4nncn4C)cc3OC(F)F)nc2c(N2CC3(CCOCC3)C2)n1. The molecular formula is C25H26F2N8O2. The standard InChI is InChI=1S/C25H26F2N8O2/c1-15-9-17-11-28-24(32-20(17)22(30-15)35-12-25(13-35)5-7-36-8-6-25)31-18-4-3-16(10-19(18)37-23(26)27)21-33-29-14-34(21)2/h3-4,9-11,14,23H,5-8,12-13H2,1-2H3,(H,28,31,32). The number of aromatic nitrogens is 6. The van der Waals surface area contributed by atoms with Gasteiger partial charge in [-0.3, -0.25) is 0 Å². The number of rotatable bonds is 6. The molecule has 1 aromatic carbocycles. The van der Waals surface area contributed by atoms with Crippen molar-refractivity contribution in [2.24, 2.45) is 12.5 Å². The Morgan fingerprint density at radius 1 is 1.14 bits per heavy atom. The lowest BCUT2D eigenvalue weighted by Gasteiger charge is -2.52. The van der Waals surface area contributed by atoms with E-state index in [2.05, 4.69) is 25.4 Å². The molecule has 0 bridgehead atoms. The number of hydrogen-bond donors (Lipinski definition) is 1. The van der Waals surface area contributed by atoms with Gasteiger partial charge in [0.2, 0.25) is 5.95 Å².